The van der Waals surface area contributed by atoms with Gasteiger partial charge in [0.25, 0.3) is 5.91 Å². The summed E-state index contributed by atoms with van der Waals surface area (Å²) in [7, 11) is 1.60. The lowest BCUT2D eigenvalue weighted by molar-refractivity contribution is -0.143. The Morgan fingerprint density at radius 2 is 1.86 bits per heavy atom. The number of hydroxylamine groups is 1. The minimum Gasteiger partial charge on any atom is -0.497 e. The van der Waals surface area contributed by atoms with Gasteiger partial charge < -0.3 is 14.4 Å². The number of nitrogens with zero attached hydrogens (tertiary/aromatic N) is 1. The van der Waals surface area contributed by atoms with E-state index < -0.39 is 17.4 Å². The number of rotatable bonds is 6. The molecule has 0 bridgehead atoms. The third-order valence-electron chi connectivity index (χ3n) is 5.31. The van der Waals surface area contributed by atoms with Crippen molar-refractivity contribution >= 4 is 11.8 Å². The van der Waals surface area contributed by atoms with Gasteiger partial charge in [0.1, 0.15) is 23.3 Å². The average Bonchev–Trinajstić information content (AvgIpc) is 3.03. The van der Waals surface area contributed by atoms with Crippen LogP contribution in [0.25, 0.3) is 0 Å². The maximum atomic E-state index is 13.0. The van der Waals surface area contributed by atoms with E-state index in [0.29, 0.717) is 30.2 Å². The number of carbonyl (C=O) groups excluding carboxylic acids is 2. The van der Waals surface area contributed by atoms with Gasteiger partial charge in [-0.05, 0) is 50.1 Å². The molecule has 1 heterocycles. The van der Waals surface area contributed by atoms with Crippen molar-refractivity contribution in [1.82, 2.24) is 10.4 Å². The summed E-state index contributed by atoms with van der Waals surface area (Å²) in [5.74, 6) is 1.28. The van der Waals surface area contributed by atoms with E-state index in [2.05, 4.69) is 0 Å². The van der Waals surface area contributed by atoms with E-state index in [1.54, 1.807) is 25.6 Å². The third kappa shape index (κ3) is 3.66. The maximum absolute atomic E-state index is 13.0. The standard InChI is InChI=1S/C21H24N2O5/c1-14(19(24)22-26)23-12-11-21(2,20(23)25)15-7-9-16(10-8-15)28-18-6-4-5-17(13-18)27-3/h4-10,13-14,26H,11-12H2,1-3H3,(H,22,24). The molecule has 2 amide bonds. The van der Waals surface area contributed by atoms with E-state index in [1.807, 2.05) is 49.4 Å². The molecular weight excluding hydrogens is 360 g/mol. The molecule has 1 aliphatic heterocycles. The Morgan fingerprint density at radius 1 is 1.18 bits per heavy atom. The highest BCUT2D eigenvalue weighted by Crippen LogP contribution is 2.37. The predicted molar refractivity (Wildman–Crippen MR) is 103 cm³/mol. The second kappa shape index (κ2) is 7.90. The fourth-order valence-corrected chi connectivity index (χ4v) is 3.43. The van der Waals surface area contributed by atoms with Crippen LogP contribution < -0.4 is 15.0 Å². The molecular formula is C21H24N2O5. The summed E-state index contributed by atoms with van der Waals surface area (Å²) in [6.45, 7) is 3.92. The number of hydrogen-bond donors (Lipinski definition) is 2. The third-order valence-corrected chi connectivity index (χ3v) is 5.31. The summed E-state index contributed by atoms with van der Waals surface area (Å²) in [5, 5.41) is 8.82. The number of carbonyl (C=O) groups is 2. The van der Waals surface area contributed by atoms with Gasteiger partial charge in [-0.15, -0.1) is 0 Å². The number of hydrogen-bond acceptors (Lipinski definition) is 5. The van der Waals surface area contributed by atoms with Gasteiger partial charge in [-0.2, -0.15) is 0 Å². The zero-order chi connectivity index (χ0) is 20.3. The van der Waals surface area contributed by atoms with Crippen LogP contribution in [0.4, 0.5) is 0 Å². The monoisotopic (exact) mass is 384 g/mol. The normalized spacial score (nSPS) is 20.0. The zero-order valence-electron chi connectivity index (χ0n) is 16.1. The average molecular weight is 384 g/mol. The van der Waals surface area contributed by atoms with Crippen molar-refractivity contribution in [2.75, 3.05) is 13.7 Å². The molecule has 148 valence electrons. The van der Waals surface area contributed by atoms with E-state index >= 15 is 0 Å². The van der Waals surface area contributed by atoms with Crippen molar-refractivity contribution in [3.05, 3.63) is 54.1 Å². The quantitative estimate of drug-likeness (QED) is 0.591. The van der Waals surface area contributed by atoms with Gasteiger partial charge in [0.05, 0.1) is 12.5 Å². The lowest BCUT2D eigenvalue weighted by Crippen LogP contribution is -2.47. The van der Waals surface area contributed by atoms with Crippen molar-refractivity contribution < 1.29 is 24.3 Å². The van der Waals surface area contributed by atoms with Crippen LogP contribution >= 0.6 is 0 Å². The summed E-state index contributed by atoms with van der Waals surface area (Å²) < 4.78 is 11.0. The van der Waals surface area contributed by atoms with E-state index in [-0.39, 0.29) is 5.91 Å². The van der Waals surface area contributed by atoms with Crippen molar-refractivity contribution in [3.8, 4) is 17.2 Å². The first-order valence-corrected chi connectivity index (χ1v) is 9.06. The first-order chi connectivity index (χ1) is 13.4. The number of nitrogens with one attached hydrogen (secondary N) is 1. The summed E-state index contributed by atoms with van der Waals surface area (Å²) in [4.78, 5) is 26.1. The topological polar surface area (TPSA) is 88.1 Å². The van der Waals surface area contributed by atoms with Crippen LogP contribution in [0.3, 0.4) is 0 Å². The van der Waals surface area contributed by atoms with Crippen molar-refractivity contribution in [2.45, 2.75) is 31.7 Å². The lowest BCUT2D eigenvalue weighted by atomic mass is 9.81. The first-order valence-electron chi connectivity index (χ1n) is 9.06. The Morgan fingerprint density at radius 3 is 2.50 bits per heavy atom. The molecule has 2 unspecified atom stereocenters. The Labute approximate surface area is 163 Å². The van der Waals surface area contributed by atoms with Crippen molar-refractivity contribution in [2.24, 2.45) is 0 Å². The SMILES string of the molecule is COc1cccc(Oc2ccc(C3(C)CCN(C(C)C(=O)NO)C3=O)cc2)c1. The lowest BCUT2D eigenvalue weighted by Gasteiger charge is -2.27. The molecule has 0 aliphatic carbocycles. The second-order valence-corrected chi connectivity index (χ2v) is 7.04. The molecule has 0 spiro atoms. The Kier molecular flexibility index (Phi) is 5.56. The van der Waals surface area contributed by atoms with Gasteiger partial charge in [-0.1, -0.05) is 18.2 Å². The maximum Gasteiger partial charge on any atom is 0.265 e. The number of methoxy groups -OCH3 is 1. The molecule has 0 saturated carbocycles. The minimum absolute atomic E-state index is 0.134. The molecule has 0 aromatic heterocycles. The number of likely N-dealkylation sites (tertiary alicyclic amines) is 1. The van der Waals surface area contributed by atoms with Gasteiger partial charge in [-0.25, -0.2) is 5.48 Å². The van der Waals surface area contributed by atoms with E-state index in [4.69, 9.17) is 14.7 Å². The zero-order valence-corrected chi connectivity index (χ0v) is 16.1. The summed E-state index contributed by atoms with van der Waals surface area (Å²) in [6.07, 6.45) is 0.588. The fourth-order valence-electron chi connectivity index (χ4n) is 3.43. The van der Waals surface area contributed by atoms with Crippen LogP contribution in [0, 0.1) is 0 Å². The van der Waals surface area contributed by atoms with Crippen LogP contribution in [0.15, 0.2) is 48.5 Å². The molecule has 2 atom stereocenters. The highest BCUT2D eigenvalue weighted by molar-refractivity contribution is 5.94. The van der Waals surface area contributed by atoms with Gasteiger partial charge in [0.2, 0.25) is 5.91 Å². The van der Waals surface area contributed by atoms with Crippen LogP contribution in [0.2, 0.25) is 0 Å². The van der Waals surface area contributed by atoms with Crippen molar-refractivity contribution in [3.63, 3.8) is 0 Å². The van der Waals surface area contributed by atoms with Crippen LogP contribution in [-0.4, -0.2) is 41.6 Å². The molecule has 7 heteroatoms. The molecule has 1 fully saturated rings. The van der Waals surface area contributed by atoms with Gasteiger partial charge >= 0.3 is 0 Å². The minimum atomic E-state index is -0.727. The fraction of sp³-hybridized carbons (Fsp3) is 0.333. The number of benzene rings is 2. The van der Waals surface area contributed by atoms with E-state index in [1.165, 1.54) is 4.90 Å². The Bertz CT molecular complexity index is 867. The summed E-state index contributed by atoms with van der Waals surface area (Å²) in [6, 6.07) is 14.0. The second-order valence-electron chi connectivity index (χ2n) is 7.04. The largest absolute Gasteiger partial charge is 0.497 e. The molecule has 2 aromatic carbocycles. The highest BCUT2D eigenvalue weighted by Gasteiger charge is 2.46. The van der Waals surface area contributed by atoms with Crippen LogP contribution in [0.5, 0.6) is 17.2 Å². The molecule has 2 aromatic rings. The molecule has 28 heavy (non-hydrogen) atoms. The predicted octanol–water partition coefficient (Wildman–Crippen LogP) is 2.87. The highest BCUT2D eigenvalue weighted by atomic mass is 16.5. The van der Waals surface area contributed by atoms with Crippen molar-refractivity contribution in [1.29, 1.82) is 0 Å². The van der Waals surface area contributed by atoms with E-state index in [9.17, 15) is 9.59 Å². The van der Waals surface area contributed by atoms with E-state index in [0.717, 1.165) is 5.56 Å². The van der Waals surface area contributed by atoms with Gasteiger partial charge in [0.15, 0.2) is 0 Å². The number of ether oxygens (including phenoxy) is 2. The van der Waals surface area contributed by atoms with Crippen LogP contribution in [0.1, 0.15) is 25.8 Å². The molecule has 7 nitrogen and oxygen atoms in total. The molecule has 3 rings (SSSR count). The molecule has 0 radical (unpaired) electrons. The molecule has 1 saturated heterocycles. The first kappa shape index (κ1) is 19.7. The Hall–Kier alpha value is -3.06. The number of amides is 2. The van der Waals surface area contributed by atoms with Gasteiger partial charge in [0, 0.05) is 12.6 Å². The summed E-state index contributed by atoms with van der Waals surface area (Å²) in [5.41, 5.74) is 1.74. The van der Waals surface area contributed by atoms with Crippen LogP contribution in [-0.2, 0) is 15.0 Å². The van der Waals surface area contributed by atoms with Gasteiger partial charge in [-0.3, -0.25) is 14.8 Å². The Balaban J connectivity index is 1.75. The molecule has 2 N–H and O–H groups in total. The summed E-state index contributed by atoms with van der Waals surface area (Å²) >= 11 is 0. The smallest absolute Gasteiger partial charge is 0.265 e. The molecule has 1 aliphatic rings.